The van der Waals surface area contributed by atoms with Crippen LogP contribution in [0.5, 0.6) is 5.75 Å². The van der Waals surface area contributed by atoms with Gasteiger partial charge < -0.3 is 14.6 Å². The molecule has 1 aliphatic heterocycles. The molecule has 0 aliphatic carbocycles. The normalized spacial score (nSPS) is 14.9. The fraction of sp³-hybridized carbons (Fsp3) is 0.276. The number of piperazine rings is 1. The molecule has 1 fully saturated rings. The average molecular weight is 508 g/mol. The molecular weight excluding hydrogens is 479 g/mol. The summed E-state index contributed by atoms with van der Waals surface area (Å²) in [6, 6.07) is 21.9. The third-order valence-electron chi connectivity index (χ3n) is 6.83. The van der Waals surface area contributed by atoms with E-state index in [-0.39, 0.29) is 16.9 Å². The number of benzene rings is 3. The van der Waals surface area contributed by atoms with Gasteiger partial charge in [0.2, 0.25) is 0 Å². The topological polar surface area (TPSA) is 48.6 Å². The lowest BCUT2D eigenvalue weighted by Gasteiger charge is -2.38. The largest absolute Gasteiger partial charge is 0.573 e. The minimum atomic E-state index is -4.80. The second-order valence-electron chi connectivity index (χ2n) is 9.55. The molecule has 3 aromatic carbocycles. The molecule has 0 amide bonds. The van der Waals surface area contributed by atoms with E-state index in [1.165, 1.54) is 23.9 Å². The molecule has 1 aliphatic rings. The number of H-pyrrole nitrogens is 1. The van der Waals surface area contributed by atoms with Crippen molar-refractivity contribution in [2.75, 3.05) is 31.1 Å². The molecule has 1 aromatic heterocycles. The number of hydrogen-bond donors (Lipinski definition) is 1. The van der Waals surface area contributed by atoms with Crippen molar-refractivity contribution in [3.63, 3.8) is 0 Å². The van der Waals surface area contributed by atoms with Crippen molar-refractivity contribution in [3.05, 3.63) is 83.2 Å². The Balaban J connectivity index is 1.40. The molecule has 0 spiro atoms. The van der Waals surface area contributed by atoms with Crippen molar-refractivity contribution in [2.24, 2.45) is 0 Å². The predicted octanol–water partition coefficient (Wildman–Crippen LogP) is 6.29. The van der Waals surface area contributed by atoms with E-state index in [2.05, 4.69) is 57.6 Å². The fourth-order valence-corrected chi connectivity index (χ4v) is 4.82. The Morgan fingerprint density at radius 2 is 1.54 bits per heavy atom. The van der Waals surface area contributed by atoms with Crippen LogP contribution in [0.15, 0.2) is 77.6 Å². The standard InChI is InChI=1S/C29H28F3N3O2/c1-19(2)34-12-14-35(15-13-34)24-9-6-20(7-10-24)21-8-11-27-23(16-21)18-26(28(36)33-27)22-4-3-5-25(17-22)37-29(30,31)32/h3-11,16-19H,12-15H2,1-2H3,(H,33,36). The van der Waals surface area contributed by atoms with Gasteiger partial charge in [-0.25, -0.2) is 0 Å². The number of pyridine rings is 1. The summed E-state index contributed by atoms with van der Waals surface area (Å²) in [4.78, 5) is 20.4. The van der Waals surface area contributed by atoms with Gasteiger partial charge in [0.1, 0.15) is 5.75 Å². The number of ether oxygens (including phenoxy) is 1. The number of fused-ring (bicyclic) bond motifs is 1. The summed E-state index contributed by atoms with van der Waals surface area (Å²) in [5, 5.41) is 0.781. The third-order valence-corrected chi connectivity index (χ3v) is 6.83. The first-order valence-electron chi connectivity index (χ1n) is 12.3. The lowest BCUT2D eigenvalue weighted by Crippen LogP contribution is -2.48. The molecule has 8 heteroatoms. The van der Waals surface area contributed by atoms with Gasteiger partial charge in [-0.2, -0.15) is 0 Å². The Labute approximate surface area is 213 Å². The first-order valence-corrected chi connectivity index (χ1v) is 12.3. The van der Waals surface area contributed by atoms with E-state index in [1.54, 1.807) is 12.1 Å². The molecule has 0 radical (unpaired) electrons. The number of nitrogens with one attached hydrogen (secondary N) is 1. The minimum absolute atomic E-state index is 0.271. The van der Waals surface area contributed by atoms with Gasteiger partial charge in [-0.3, -0.25) is 9.69 Å². The first-order chi connectivity index (χ1) is 17.7. The Hall–Kier alpha value is -3.78. The Kier molecular flexibility index (Phi) is 6.69. The Morgan fingerprint density at radius 1 is 0.838 bits per heavy atom. The van der Waals surface area contributed by atoms with Crippen LogP contribution in [-0.4, -0.2) is 48.5 Å². The zero-order valence-electron chi connectivity index (χ0n) is 20.7. The SMILES string of the molecule is CC(C)N1CCN(c2ccc(-c3ccc4[nH]c(=O)c(-c5cccc(OC(F)(F)F)c5)cc4c3)cc2)CC1. The number of aromatic amines is 1. The smallest absolute Gasteiger partial charge is 0.406 e. The van der Waals surface area contributed by atoms with Gasteiger partial charge in [-0.05, 0) is 78.4 Å². The van der Waals surface area contributed by atoms with E-state index in [0.29, 0.717) is 17.1 Å². The Bertz CT molecular complexity index is 1450. The minimum Gasteiger partial charge on any atom is -0.406 e. The van der Waals surface area contributed by atoms with E-state index in [4.69, 9.17) is 0 Å². The van der Waals surface area contributed by atoms with Crippen molar-refractivity contribution >= 4 is 16.6 Å². The zero-order valence-corrected chi connectivity index (χ0v) is 20.7. The maximum absolute atomic E-state index is 12.7. The summed E-state index contributed by atoms with van der Waals surface area (Å²) in [6.45, 7) is 8.56. The van der Waals surface area contributed by atoms with Gasteiger partial charge in [0.25, 0.3) is 5.56 Å². The van der Waals surface area contributed by atoms with Crippen molar-refractivity contribution in [3.8, 4) is 28.0 Å². The van der Waals surface area contributed by atoms with Gasteiger partial charge in [-0.1, -0.05) is 30.3 Å². The fourth-order valence-electron chi connectivity index (χ4n) is 4.82. The van der Waals surface area contributed by atoms with Crippen LogP contribution in [-0.2, 0) is 0 Å². The van der Waals surface area contributed by atoms with E-state index in [9.17, 15) is 18.0 Å². The number of alkyl halides is 3. The van der Waals surface area contributed by atoms with Crippen LogP contribution in [0.1, 0.15) is 13.8 Å². The number of anilines is 1. The third kappa shape index (κ3) is 5.64. The molecule has 0 saturated carbocycles. The average Bonchev–Trinajstić information content (AvgIpc) is 2.87. The molecule has 5 nitrogen and oxygen atoms in total. The van der Waals surface area contributed by atoms with Crippen molar-refractivity contribution in [1.82, 2.24) is 9.88 Å². The summed E-state index contributed by atoms with van der Waals surface area (Å²) in [5.74, 6) is -0.371. The second kappa shape index (κ2) is 9.94. The summed E-state index contributed by atoms with van der Waals surface area (Å²) < 4.78 is 42.0. The number of aromatic nitrogens is 1. The predicted molar refractivity (Wildman–Crippen MR) is 141 cm³/mol. The highest BCUT2D eigenvalue weighted by Gasteiger charge is 2.31. The highest BCUT2D eigenvalue weighted by molar-refractivity contribution is 5.88. The van der Waals surface area contributed by atoms with Gasteiger partial charge in [0.05, 0.1) is 0 Å². The lowest BCUT2D eigenvalue weighted by molar-refractivity contribution is -0.274. The van der Waals surface area contributed by atoms with Crippen LogP contribution < -0.4 is 15.2 Å². The van der Waals surface area contributed by atoms with Crippen LogP contribution in [0.2, 0.25) is 0 Å². The number of halogens is 3. The van der Waals surface area contributed by atoms with Crippen LogP contribution >= 0.6 is 0 Å². The summed E-state index contributed by atoms with van der Waals surface area (Å²) in [7, 11) is 0. The van der Waals surface area contributed by atoms with Gasteiger partial charge >= 0.3 is 6.36 Å². The molecule has 0 bridgehead atoms. The van der Waals surface area contributed by atoms with E-state index >= 15 is 0 Å². The summed E-state index contributed by atoms with van der Waals surface area (Å²) in [5.41, 5.74) is 4.10. The van der Waals surface area contributed by atoms with Crippen molar-refractivity contribution < 1.29 is 17.9 Å². The number of rotatable bonds is 5. The molecule has 2 heterocycles. The monoisotopic (exact) mass is 507 g/mol. The lowest BCUT2D eigenvalue weighted by atomic mass is 10.0. The van der Waals surface area contributed by atoms with Crippen LogP contribution in [0, 0.1) is 0 Å². The molecule has 5 rings (SSSR count). The summed E-state index contributed by atoms with van der Waals surface area (Å²) in [6.07, 6.45) is -4.80. The highest BCUT2D eigenvalue weighted by Crippen LogP contribution is 2.30. The van der Waals surface area contributed by atoms with Crippen molar-refractivity contribution in [2.45, 2.75) is 26.3 Å². The first kappa shape index (κ1) is 24.9. The molecule has 0 unspecified atom stereocenters. The maximum Gasteiger partial charge on any atom is 0.573 e. The van der Waals surface area contributed by atoms with Gasteiger partial charge in [-0.15, -0.1) is 13.2 Å². The van der Waals surface area contributed by atoms with Crippen LogP contribution in [0.25, 0.3) is 33.2 Å². The molecule has 1 saturated heterocycles. The molecule has 0 atom stereocenters. The Morgan fingerprint density at radius 3 is 2.22 bits per heavy atom. The quantitative estimate of drug-likeness (QED) is 0.345. The zero-order chi connectivity index (χ0) is 26.2. The molecule has 4 aromatic rings. The van der Waals surface area contributed by atoms with E-state index in [1.807, 2.05) is 18.2 Å². The van der Waals surface area contributed by atoms with Gasteiger partial charge in [0, 0.05) is 49.0 Å². The maximum atomic E-state index is 12.7. The summed E-state index contributed by atoms with van der Waals surface area (Å²) >= 11 is 0. The van der Waals surface area contributed by atoms with Crippen LogP contribution in [0.4, 0.5) is 18.9 Å². The molecule has 1 N–H and O–H groups in total. The number of nitrogens with zero attached hydrogens (tertiary/aromatic N) is 2. The van der Waals surface area contributed by atoms with Crippen molar-refractivity contribution in [1.29, 1.82) is 0 Å². The van der Waals surface area contributed by atoms with E-state index in [0.717, 1.165) is 42.7 Å². The van der Waals surface area contributed by atoms with Gasteiger partial charge in [0.15, 0.2) is 0 Å². The second-order valence-corrected chi connectivity index (χ2v) is 9.55. The van der Waals surface area contributed by atoms with E-state index < -0.39 is 6.36 Å². The number of hydrogen-bond acceptors (Lipinski definition) is 4. The highest BCUT2D eigenvalue weighted by atomic mass is 19.4. The molecular formula is C29H28F3N3O2. The molecule has 192 valence electrons. The van der Waals surface area contributed by atoms with Crippen LogP contribution in [0.3, 0.4) is 0 Å². The molecule has 37 heavy (non-hydrogen) atoms.